The third-order valence-corrected chi connectivity index (χ3v) is 5.21. The normalized spacial score (nSPS) is 19.0. The van der Waals surface area contributed by atoms with Gasteiger partial charge in [0.05, 0.1) is 22.3 Å². The van der Waals surface area contributed by atoms with E-state index in [9.17, 15) is 9.59 Å². The fourth-order valence-corrected chi connectivity index (χ4v) is 3.47. The number of benzene rings is 2. The SMILES string of the molecule is N#Cc1ccc(NC(=O)C2CCC(C(=O)Nc3ccccc3Cl)CC2)cc1. The van der Waals surface area contributed by atoms with E-state index >= 15 is 0 Å². The summed E-state index contributed by atoms with van der Waals surface area (Å²) in [4.78, 5) is 24.9. The number of nitriles is 1. The molecular weight excluding hydrogens is 362 g/mol. The van der Waals surface area contributed by atoms with Crippen molar-refractivity contribution in [3.8, 4) is 6.07 Å². The molecule has 0 radical (unpaired) electrons. The highest BCUT2D eigenvalue weighted by atomic mass is 35.5. The van der Waals surface area contributed by atoms with Gasteiger partial charge in [0.2, 0.25) is 11.8 Å². The Morgan fingerprint density at radius 1 is 0.889 bits per heavy atom. The van der Waals surface area contributed by atoms with Crippen LogP contribution >= 0.6 is 11.6 Å². The van der Waals surface area contributed by atoms with E-state index in [4.69, 9.17) is 16.9 Å². The standard InChI is InChI=1S/C21H20ClN3O2/c22-18-3-1-2-4-19(18)25-21(27)16-9-7-15(8-10-16)20(26)24-17-11-5-14(13-23)6-12-17/h1-6,11-12,15-16H,7-10H2,(H,24,26)(H,25,27). The number of carbonyl (C=O) groups excluding carboxylic acids is 2. The highest BCUT2D eigenvalue weighted by molar-refractivity contribution is 6.33. The van der Waals surface area contributed by atoms with Gasteiger partial charge in [-0.2, -0.15) is 5.26 Å². The molecule has 1 fully saturated rings. The van der Waals surface area contributed by atoms with Crippen LogP contribution in [0, 0.1) is 23.2 Å². The van der Waals surface area contributed by atoms with Crippen molar-refractivity contribution >= 4 is 34.8 Å². The van der Waals surface area contributed by atoms with Gasteiger partial charge in [-0.05, 0) is 62.1 Å². The zero-order chi connectivity index (χ0) is 19.2. The van der Waals surface area contributed by atoms with Crippen LogP contribution in [-0.4, -0.2) is 11.8 Å². The monoisotopic (exact) mass is 381 g/mol. The number of nitrogens with one attached hydrogen (secondary N) is 2. The van der Waals surface area contributed by atoms with Crippen molar-refractivity contribution in [1.82, 2.24) is 0 Å². The van der Waals surface area contributed by atoms with Gasteiger partial charge in [0.1, 0.15) is 0 Å². The highest BCUT2D eigenvalue weighted by Gasteiger charge is 2.30. The predicted octanol–water partition coefficient (Wildman–Crippen LogP) is 4.60. The number of hydrogen-bond acceptors (Lipinski definition) is 3. The molecule has 0 saturated heterocycles. The number of nitrogens with zero attached hydrogens (tertiary/aromatic N) is 1. The van der Waals surface area contributed by atoms with E-state index in [1.807, 2.05) is 18.2 Å². The molecule has 6 heteroatoms. The van der Waals surface area contributed by atoms with Crippen molar-refractivity contribution in [1.29, 1.82) is 5.26 Å². The third kappa shape index (κ3) is 4.87. The summed E-state index contributed by atoms with van der Waals surface area (Å²) in [5.74, 6) is -0.302. The molecule has 0 heterocycles. The van der Waals surface area contributed by atoms with E-state index in [1.165, 1.54) is 0 Å². The second-order valence-corrected chi connectivity index (χ2v) is 7.10. The molecule has 1 aliphatic carbocycles. The first-order chi connectivity index (χ1) is 13.1. The van der Waals surface area contributed by atoms with E-state index in [-0.39, 0.29) is 23.7 Å². The largest absolute Gasteiger partial charge is 0.326 e. The summed E-state index contributed by atoms with van der Waals surface area (Å²) < 4.78 is 0. The second kappa shape index (κ2) is 8.70. The molecule has 1 aliphatic rings. The highest BCUT2D eigenvalue weighted by Crippen LogP contribution is 2.31. The minimum Gasteiger partial charge on any atom is -0.326 e. The van der Waals surface area contributed by atoms with Crippen LogP contribution in [0.15, 0.2) is 48.5 Å². The molecule has 0 spiro atoms. The number of amides is 2. The van der Waals surface area contributed by atoms with Gasteiger partial charge < -0.3 is 10.6 Å². The number of anilines is 2. The first-order valence-corrected chi connectivity index (χ1v) is 9.31. The van der Waals surface area contributed by atoms with Gasteiger partial charge in [-0.15, -0.1) is 0 Å². The number of halogens is 1. The Morgan fingerprint density at radius 3 is 2.00 bits per heavy atom. The van der Waals surface area contributed by atoms with E-state index in [2.05, 4.69) is 10.6 Å². The zero-order valence-electron chi connectivity index (χ0n) is 14.7. The first kappa shape index (κ1) is 18.9. The van der Waals surface area contributed by atoms with Gasteiger partial charge in [0.25, 0.3) is 0 Å². The molecule has 0 aromatic heterocycles. The molecule has 0 aliphatic heterocycles. The molecule has 2 aromatic carbocycles. The molecule has 0 atom stereocenters. The Morgan fingerprint density at radius 2 is 1.44 bits per heavy atom. The fourth-order valence-electron chi connectivity index (χ4n) is 3.29. The minimum atomic E-state index is -0.111. The van der Waals surface area contributed by atoms with Gasteiger partial charge in [-0.25, -0.2) is 0 Å². The van der Waals surface area contributed by atoms with Crippen LogP contribution in [0.5, 0.6) is 0 Å². The van der Waals surface area contributed by atoms with Gasteiger partial charge >= 0.3 is 0 Å². The molecule has 2 amide bonds. The number of carbonyl (C=O) groups is 2. The van der Waals surface area contributed by atoms with E-state index in [1.54, 1.807) is 36.4 Å². The van der Waals surface area contributed by atoms with E-state index in [0.717, 1.165) is 0 Å². The number of hydrogen-bond donors (Lipinski definition) is 2. The Balaban J connectivity index is 1.50. The lowest BCUT2D eigenvalue weighted by Gasteiger charge is -2.27. The van der Waals surface area contributed by atoms with Crippen LogP contribution in [-0.2, 0) is 9.59 Å². The van der Waals surface area contributed by atoms with Crippen LogP contribution in [0.4, 0.5) is 11.4 Å². The van der Waals surface area contributed by atoms with Gasteiger partial charge in [0.15, 0.2) is 0 Å². The van der Waals surface area contributed by atoms with E-state index < -0.39 is 0 Å². The summed E-state index contributed by atoms with van der Waals surface area (Å²) in [6, 6.07) is 16.0. The molecule has 138 valence electrons. The number of para-hydroxylation sites is 1. The maximum absolute atomic E-state index is 12.5. The molecule has 3 rings (SSSR count). The predicted molar refractivity (Wildman–Crippen MR) is 105 cm³/mol. The molecule has 0 unspecified atom stereocenters. The Kier molecular flexibility index (Phi) is 6.10. The maximum Gasteiger partial charge on any atom is 0.227 e. The van der Waals surface area contributed by atoms with Gasteiger partial charge in [-0.1, -0.05) is 23.7 Å². The average molecular weight is 382 g/mol. The summed E-state index contributed by atoms with van der Waals surface area (Å²) in [7, 11) is 0. The van der Waals surface area contributed by atoms with Crippen molar-refractivity contribution in [3.05, 3.63) is 59.1 Å². The molecule has 5 nitrogen and oxygen atoms in total. The summed E-state index contributed by atoms with van der Waals surface area (Å²) in [5, 5.41) is 15.1. The Hall–Kier alpha value is -2.84. The smallest absolute Gasteiger partial charge is 0.227 e. The average Bonchev–Trinajstić information content (AvgIpc) is 2.70. The van der Waals surface area contributed by atoms with Crippen LogP contribution in [0.1, 0.15) is 31.2 Å². The molecule has 2 N–H and O–H groups in total. The van der Waals surface area contributed by atoms with Crippen molar-refractivity contribution in [2.45, 2.75) is 25.7 Å². The van der Waals surface area contributed by atoms with Crippen molar-refractivity contribution in [2.24, 2.45) is 11.8 Å². The minimum absolute atomic E-state index is 0.0373. The summed E-state index contributed by atoms with van der Waals surface area (Å²) >= 11 is 6.08. The quantitative estimate of drug-likeness (QED) is 0.812. The lowest BCUT2D eigenvalue weighted by molar-refractivity contribution is -0.125. The van der Waals surface area contributed by atoms with E-state index in [0.29, 0.717) is 47.6 Å². The van der Waals surface area contributed by atoms with Crippen LogP contribution in [0.3, 0.4) is 0 Å². The maximum atomic E-state index is 12.5. The fraction of sp³-hybridized carbons (Fsp3) is 0.286. The van der Waals surface area contributed by atoms with Crippen molar-refractivity contribution in [3.63, 3.8) is 0 Å². The topological polar surface area (TPSA) is 82.0 Å². The molecule has 0 bridgehead atoms. The van der Waals surface area contributed by atoms with Crippen molar-refractivity contribution in [2.75, 3.05) is 10.6 Å². The summed E-state index contributed by atoms with van der Waals surface area (Å²) in [6.45, 7) is 0. The summed E-state index contributed by atoms with van der Waals surface area (Å²) in [6.07, 6.45) is 2.68. The molecular formula is C21H20ClN3O2. The van der Waals surface area contributed by atoms with Crippen LogP contribution in [0.2, 0.25) is 5.02 Å². The van der Waals surface area contributed by atoms with Crippen LogP contribution in [0.25, 0.3) is 0 Å². The Bertz CT molecular complexity index is 866. The summed E-state index contributed by atoms with van der Waals surface area (Å²) in [5.41, 5.74) is 1.85. The zero-order valence-corrected chi connectivity index (χ0v) is 15.5. The molecule has 2 aromatic rings. The second-order valence-electron chi connectivity index (χ2n) is 6.70. The van der Waals surface area contributed by atoms with Crippen LogP contribution < -0.4 is 10.6 Å². The lowest BCUT2D eigenvalue weighted by Crippen LogP contribution is -2.32. The first-order valence-electron chi connectivity index (χ1n) is 8.93. The number of rotatable bonds is 4. The van der Waals surface area contributed by atoms with Gasteiger partial charge in [0, 0.05) is 17.5 Å². The molecule has 27 heavy (non-hydrogen) atoms. The Labute approximate surface area is 163 Å². The third-order valence-electron chi connectivity index (χ3n) is 4.88. The van der Waals surface area contributed by atoms with Crippen molar-refractivity contribution < 1.29 is 9.59 Å². The lowest BCUT2D eigenvalue weighted by atomic mass is 9.81. The van der Waals surface area contributed by atoms with Gasteiger partial charge in [-0.3, -0.25) is 9.59 Å². The molecule has 1 saturated carbocycles.